The van der Waals surface area contributed by atoms with Crippen LogP contribution in [0.1, 0.15) is 24.8 Å². The van der Waals surface area contributed by atoms with Gasteiger partial charge in [0.2, 0.25) is 11.8 Å². The minimum atomic E-state index is -0.286. The molecule has 26 heavy (non-hydrogen) atoms. The molecule has 0 unspecified atom stereocenters. The van der Waals surface area contributed by atoms with Gasteiger partial charge in [0, 0.05) is 24.7 Å². The molecule has 1 saturated heterocycles. The maximum atomic E-state index is 12.9. The third-order valence-electron chi connectivity index (χ3n) is 4.19. The molecular weight excluding hydrogens is 335 g/mol. The Morgan fingerprint density at radius 3 is 2.73 bits per heavy atom. The summed E-state index contributed by atoms with van der Waals surface area (Å²) in [4.78, 5) is 25.5. The minimum absolute atomic E-state index is 0.0304. The molecule has 1 N–H and O–H groups in total. The molecule has 2 aromatic carbocycles. The molecule has 136 valence electrons. The summed E-state index contributed by atoms with van der Waals surface area (Å²) in [6.07, 6.45) is 2.34. The molecule has 1 aliphatic rings. The van der Waals surface area contributed by atoms with Gasteiger partial charge in [-0.3, -0.25) is 9.59 Å². The molecule has 2 aromatic rings. The van der Waals surface area contributed by atoms with Crippen molar-refractivity contribution in [1.82, 2.24) is 4.90 Å². The van der Waals surface area contributed by atoms with Crippen LogP contribution in [0, 0.1) is 5.82 Å². The van der Waals surface area contributed by atoms with Gasteiger partial charge in [-0.2, -0.15) is 0 Å². The van der Waals surface area contributed by atoms with Crippen LogP contribution in [0.5, 0.6) is 5.75 Å². The number of likely N-dealkylation sites (tertiary alicyclic amines) is 1. The number of amides is 2. The Balaban J connectivity index is 1.54. The molecule has 1 aliphatic heterocycles. The van der Waals surface area contributed by atoms with E-state index in [4.69, 9.17) is 4.74 Å². The van der Waals surface area contributed by atoms with E-state index in [0.29, 0.717) is 31.0 Å². The van der Waals surface area contributed by atoms with E-state index in [2.05, 4.69) is 5.32 Å². The molecule has 1 fully saturated rings. The number of ether oxygens (including phenoxy) is 1. The van der Waals surface area contributed by atoms with Crippen molar-refractivity contribution in [3.05, 3.63) is 59.9 Å². The molecule has 5 nitrogen and oxygen atoms in total. The van der Waals surface area contributed by atoms with Crippen LogP contribution < -0.4 is 10.1 Å². The number of nitrogens with one attached hydrogen (secondary N) is 1. The van der Waals surface area contributed by atoms with Crippen LogP contribution in [0.4, 0.5) is 10.1 Å². The predicted molar refractivity (Wildman–Crippen MR) is 96.2 cm³/mol. The van der Waals surface area contributed by atoms with Crippen LogP contribution in [0.15, 0.2) is 48.5 Å². The van der Waals surface area contributed by atoms with Crippen LogP contribution in [-0.2, 0) is 16.2 Å². The summed E-state index contributed by atoms with van der Waals surface area (Å²) in [6, 6.07) is 13.1. The van der Waals surface area contributed by atoms with Gasteiger partial charge in [0.15, 0.2) is 0 Å². The second kappa shape index (κ2) is 8.47. The number of hydrogen-bond donors (Lipinski definition) is 1. The van der Waals surface area contributed by atoms with Gasteiger partial charge in [-0.25, -0.2) is 4.39 Å². The lowest BCUT2D eigenvalue weighted by atomic mass is 10.1. The molecular formula is C20H21FN2O3. The zero-order valence-corrected chi connectivity index (χ0v) is 14.4. The zero-order valence-electron chi connectivity index (χ0n) is 14.4. The van der Waals surface area contributed by atoms with Gasteiger partial charge in [-0.05, 0) is 42.7 Å². The summed E-state index contributed by atoms with van der Waals surface area (Å²) in [5, 5.41) is 2.79. The number of carbonyl (C=O) groups is 2. The maximum Gasteiger partial charge on any atom is 0.243 e. The van der Waals surface area contributed by atoms with Crippen molar-refractivity contribution in [3.8, 4) is 5.75 Å². The Kier molecular flexibility index (Phi) is 5.84. The largest absolute Gasteiger partial charge is 0.489 e. The van der Waals surface area contributed by atoms with Gasteiger partial charge in [-0.1, -0.05) is 18.2 Å². The van der Waals surface area contributed by atoms with Crippen molar-refractivity contribution >= 4 is 17.5 Å². The number of anilines is 1. The van der Waals surface area contributed by atoms with Crippen molar-refractivity contribution in [3.63, 3.8) is 0 Å². The first-order valence-corrected chi connectivity index (χ1v) is 8.65. The van der Waals surface area contributed by atoms with E-state index in [1.54, 1.807) is 41.3 Å². The summed E-state index contributed by atoms with van der Waals surface area (Å²) >= 11 is 0. The number of rotatable bonds is 6. The van der Waals surface area contributed by atoms with Crippen LogP contribution in [0.25, 0.3) is 0 Å². The van der Waals surface area contributed by atoms with Crippen molar-refractivity contribution in [2.75, 3.05) is 18.4 Å². The van der Waals surface area contributed by atoms with Crippen molar-refractivity contribution in [2.24, 2.45) is 0 Å². The molecule has 3 rings (SSSR count). The third-order valence-corrected chi connectivity index (χ3v) is 4.19. The van der Waals surface area contributed by atoms with E-state index in [9.17, 15) is 14.0 Å². The second-order valence-corrected chi connectivity index (χ2v) is 6.26. The van der Waals surface area contributed by atoms with Gasteiger partial charge in [-0.15, -0.1) is 0 Å². The molecule has 6 heteroatoms. The van der Waals surface area contributed by atoms with E-state index in [-0.39, 0.29) is 24.2 Å². The lowest BCUT2D eigenvalue weighted by Crippen LogP contribution is -2.40. The quantitative estimate of drug-likeness (QED) is 0.863. The topological polar surface area (TPSA) is 58.6 Å². The van der Waals surface area contributed by atoms with Crippen molar-refractivity contribution < 1.29 is 18.7 Å². The van der Waals surface area contributed by atoms with Gasteiger partial charge in [0.25, 0.3) is 0 Å². The summed E-state index contributed by atoms with van der Waals surface area (Å²) < 4.78 is 18.6. The van der Waals surface area contributed by atoms with E-state index >= 15 is 0 Å². The number of hydrogen-bond acceptors (Lipinski definition) is 3. The third kappa shape index (κ3) is 5.05. The van der Waals surface area contributed by atoms with E-state index in [1.165, 1.54) is 12.1 Å². The first-order chi connectivity index (χ1) is 12.6. The first kappa shape index (κ1) is 17.9. The smallest absolute Gasteiger partial charge is 0.243 e. The van der Waals surface area contributed by atoms with Crippen LogP contribution in [0.2, 0.25) is 0 Å². The fourth-order valence-electron chi connectivity index (χ4n) is 2.81. The number of carbonyl (C=O) groups excluding carboxylic acids is 2. The van der Waals surface area contributed by atoms with E-state index in [0.717, 1.165) is 18.4 Å². The summed E-state index contributed by atoms with van der Waals surface area (Å²) in [5.41, 5.74) is 1.46. The Bertz CT molecular complexity index is 777. The van der Waals surface area contributed by atoms with Gasteiger partial charge < -0.3 is 15.0 Å². The fourth-order valence-corrected chi connectivity index (χ4v) is 2.81. The molecule has 0 bridgehead atoms. The predicted octanol–water partition coefficient (Wildman–Crippen LogP) is 3.36. The molecule has 0 radical (unpaired) electrons. The lowest BCUT2D eigenvalue weighted by Gasteiger charge is -2.26. The average Bonchev–Trinajstić information content (AvgIpc) is 2.63. The second-order valence-electron chi connectivity index (χ2n) is 6.26. The average molecular weight is 356 g/mol. The zero-order chi connectivity index (χ0) is 18.4. The monoisotopic (exact) mass is 356 g/mol. The van der Waals surface area contributed by atoms with E-state index in [1.807, 2.05) is 0 Å². The Labute approximate surface area is 151 Å². The van der Waals surface area contributed by atoms with Gasteiger partial charge >= 0.3 is 0 Å². The Morgan fingerprint density at radius 2 is 1.96 bits per heavy atom. The highest BCUT2D eigenvalue weighted by Crippen LogP contribution is 2.19. The van der Waals surface area contributed by atoms with Crippen molar-refractivity contribution in [2.45, 2.75) is 25.9 Å². The highest BCUT2D eigenvalue weighted by molar-refractivity contribution is 5.94. The molecule has 0 aliphatic carbocycles. The summed E-state index contributed by atoms with van der Waals surface area (Å²) in [7, 11) is 0. The standard InChI is InChI=1S/C20H21FN2O3/c21-16-9-7-15(8-10-16)14-26-18-5-3-4-17(12-18)22-19(24)13-23-11-2-1-6-20(23)25/h3-5,7-10,12H,1-2,6,11,13-14H2,(H,22,24). The highest BCUT2D eigenvalue weighted by Gasteiger charge is 2.20. The van der Waals surface area contributed by atoms with E-state index < -0.39 is 0 Å². The fraction of sp³-hybridized carbons (Fsp3) is 0.300. The van der Waals surface area contributed by atoms with Crippen LogP contribution in [-0.4, -0.2) is 29.8 Å². The number of piperidine rings is 1. The number of benzene rings is 2. The maximum absolute atomic E-state index is 12.9. The van der Waals surface area contributed by atoms with Crippen LogP contribution in [0.3, 0.4) is 0 Å². The number of nitrogens with zero attached hydrogens (tertiary/aromatic N) is 1. The summed E-state index contributed by atoms with van der Waals surface area (Å²) in [6.45, 7) is 1.01. The Morgan fingerprint density at radius 1 is 1.15 bits per heavy atom. The first-order valence-electron chi connectivity index (χ1n) is 8.65. The SMILES string of the molecule is O=C(CN1CCCCC1=O)Nc1cccc(OCc2ccc(F)cc2)c1. The molecule has 2 amide bonds. The van der Waals surface area contributed by atoms with Crippen LogP contribution >= 0.6 is 0 Å². The minimum Gasteiger partial charge on any atom is -0.489 e. The molecule has 0 saturated carbocycles. The normalized spacial score (nSPS) is 14.2. The Hall–Kier alpha value is -2.89. The molecule has 1 heterocycles. The molecule has 0 spiro atoms. The van der Waals surface area contributed by atoms with Gasteiger partial charge in [0.1, 0.15) is 18.2 Å². The number of halogens is 1. The molecule has 0 aromatic heterocycles. The summed E-state index contributed by atoms with van der Waals surface area (Å²) in [5.74, 6) is 0.116. The highest BCUT2D eigenvalue weighted by atomic mass is 19.1. The van der Waals surface area contributed by atoms with Gasteiger partial charge in [0.05, 0.1) is 6.54 Å². The molecule has 0 atom stereocenters. The lowest BCUT2D eigenvalue weighted by molar-refractivity contribution is -0.136. The van der Waals surface area contributed by atoms with Crippen molar-refractivity contribution in [1.29, 1.82) is 0 Å².